The summed E-state index contributed by atoms with van der Waals surface area (Å²) in [6.45, 7) is -0.131. The molecule has 2 aliphatic rings. The van der Waals surface area contributed by atoms with Gasteiger partial charge in [-0.05, 0) is 49.6 Å². The van der Waals surface area contributed by atoms with Crippen LogP contribution in [0.1, 0.15) is 45.3 Å². The lowest BCUT2D eigenvalue weighted by atomic mass is 9.90. The number of carbonyl (C=O) groups is 2. The number of fused-ring (bicyclic) bond motifs is 2. The van der Waals surface area contributed by atoms with Crippen molar-refractivity contribution in [3.63, 3.8) is 0 Å². The summed E-state index contributed by atoms with van der Waals surface area (Å²) in [6.07, 6.45) is 2.09. The van der Waals surface area contributed by atoms with E-state index in [0.717, 1.165) is 29.9 Å². The lowest BCUT2D eigenvalue weighted by Gasteiger charge is -2.20. The van der Waals surface area contributed by atoms with Gasteiger partial charge in [0.25, 0.3) is 5.91 Å². The molecular weight excluding hydrogens is 452 g/mol. The van der Waals surface area contributed by atoms with Crippen LogP contribution in [0.25, 0.3) is 0 Å². The number of benzene rings is 2. The third kappa shape index (κ3) is 4.25. The number of thiazole rings is 1. The van der Waals surface area contributed by atoms with Gasteiger partial charge in [-0.3, -0.25) is 14.9 Å². The van der Waals surface area contributed by atoms with E-state index in [2.05, 4.69) is 15.6 Å². The molecule has 3 aromatic rings. The molecule has 0 radical (unpaired) electrons. The quantitative estimate of drug-likeness (QED) is 0.584. The number of aryl methyl sites for hydroxylation is 1. The van der Waals surface area contributed by atoms with Gasteiger partial charge in [-0.15, -0.1) is 11.3 Å². The van der Waals surface area contributed by atoms with Gasteiger partial charge in [-0.1, -0.05) is 6.07 Å². The first-order valence-corrected chi connectivity index (χ1v) is 11.2. The number of hydrogen-bond donors (Lipinski definition) is 2. The summed E-state index contributed by atoms with van der Waals surface area (Å²) in [7, 11) is 0. The maximum atomic E-state index is 13.9. The Kier molecular flexibility index (Phi) is 5.67. The Morgan fingerprint density at radius 2 is 1.91 bits per heavy atom. The van der Waals surface area contributed by atoms with Crippen LogP contribution in [-0.2, 0) is 17.8 Å². The van der Waals surface area contributed by atoms with Crippen LogP contribution < -0.4 is 20.1 Å². The van der Waals surface area contributed by atoms with Crippen LogP contribution in [0.2, 0.25) is 0 Å². The number of halogens is 2. The van der Waals surface area contributed by atoms with Crippen molar-refractivity contribution in [3.05, 3.63) is 69.7 Å². The number of anilines is 1. The smallest absolute Gasteiger partial charge is 0.257 e. The van der Waals surface area contributed by atoms with Gasteiger partial charge in [0, 0.05) is 22.5 Å². The van der Waals surface area contributed by atoms with Crippen LogP contribution in [0.5, 0.6) is 11.5 Å². The molecule has 170 valence electrons. The molecule has 5 rings (SSSR count). The van der Waals surface area contributed by atoms with Crippen molar-refractivity contribution in [2.45, 2.75) is 31.7 Å². The summed E-state index contributed by atoms with van der Waals surface area (Å²) in [4.78, 5) is 30.9. The molecule has 2 aromatic carbocycles. The van der Waals surface area contributed by atoms with Crippen molar-refractivity contribution in [2.24, 2.45) is 0 Å². The maximum absolute atomic E-state index is 13.9. The highest BCUT2D eigenvalue weighted by Crippen LogP contribution is 2.37. The summed E-state index contributed by atoms with van der Waals surface area (Å²) >= 11 is 1.33. The Hall–Kier alpha value is -3.53. The highest BCUT2D eigenvalue weighted by Gasteiger charge is 2.31. The van der Waals surface area contributed by atoms with E-state index >= 15 is 0 Å². The van der Waals surface area contributed by atoms with Crippen molar-refractivity contribution in [1.82, 2.24) is 10.3 Å². The molecule has 33 heavy (non-hydrogen) atoms. The van der Waals surface area contributed by atoms with Crippen molar-refractivity contribution < 1.29 is 27.8 Å². The predicted octanol–water partition coefficient (Wildman–Crippen LogP) is 4.14. The fourth-order valence-corrected chi connectivity index (χ4v) is 4.99. The highest BCUT2D eigenvalue weighted by atomic mass is 32.1. The van der Waals surface area contributed by atoms with Crippen molar-refractivity contribution in [2.75, 3.05) is 12.1 Å². The zero-order valence-corrected chi connectivity index (χ0v) is 18.1. The summed E-state index contributed by atoms with van der Waals surface area (Å²) < 4.78 is 38.3. The molecular formula is C23H19F2N3O4S. The molecule has 1 aliphatic carbocycles. The Bertz CT molecular complexity index is 1230. The Balaban J connectivity index is 1.29. The topological polar surface area (TPSA) is 89.6 Å². The zero-order valence-electron chi connectivity index (χ0n) is 17.3. The Morgan fingerprint density at radius 1 is 1.12 bits per heavy atom. The molecule has 7 nitrogen and oxygen atoms in total. The summed E-state index contributed by atoms with van der Waals surface area (Å²) in [5.74, 6) is -1.57. The monoisotopic (exact) mass is 471 g/mol. The number of nitrogens with zero attached hydrogens (tertiary/aromatic N) is 1. The molecule has 0 saturated carbocycles. The number of carbonyl (C=O) groups excluding carboxylic acids is 2. The second kappa shape index (κ2) is 8.78. The third-order valence-corrected chi connectivity index (χ3v) is 6.67. The van der Waals surface area contributed by atoms with E-state index in [1.807, 2.05) is 0 Å². The van der Waals surface area contributed by atoms with Gasteiger partial charge in [0.2, 0.25) is 12.7 Å². The maximum Gasteiger partial charge on any atom is 0.257 e. The van der Waals surface area contributed by atoms with E-state index in [0.29, 0.717) is 34.3 Å². The van der Waals surface area contributed by atoms with Gasteiger partial charge >= 0.3 is 0 Å². The molecule has 2 N–H and O–H groups in total. The molecule has 1 aliphatic heterocycles. The third-order valence-electron chi connectivity index (χ3n) is 5.63. The van der Waals surface area contributed by atoms with Gasteiger partial charge in [0.15, 0.2) is 16.6 Å². The average Bonchev–Trinajstić information content (AvgIpc) is 3.44. The first kappa shape index (κ1) is 21.3. The first-order chi connectivity index (χ1) is 16.0. The van der Waals surface area contributed by atoms with Crippen LogP contribution in [0, 0.1) is 11.6 Å². The van der Waals surface area contributed by atoms with Gasteiger partial charge in [-0.2, -0.15) is 0 Å². The molecule has 0 saturated heterocycles. The molecule has 2 heterocycles. The van der Waals surface area contributed by atoms with E-state index < -0.39 is 17.6 Å². The molecule has 10 heteroatoms. The number of aromatic nitrogens is 1. The molecule has 1 unspecified atom stereocenters. The van der Waals surface area contributed by atoms with Crippen LogP contribution in [0.15, 0.2) is 36.4 Å². The lowest BCUT2D eigenvalue weighted by Crippen LogP contribution is -2.31. The normalized spacial score (nSPS) is 16.2. The van der Waals surface area contributed by atoms with Crippen LogP contribution in [0.4, 0.5) is 13.9 Å². The minimum atomic E-state index is -0.707. The van der Waals surface area contributed by atoms with Gasteiger partial charge in [-0.25, -0.2) is 13.8 Å². The van der Waals surface area contributed by atoms with E-state index in [4.69, 9.17) is 9.47 Å². The second-order valence-electron chi connectivity index (χ2n) is 7.71. The fourth-order valence-electron chi connectivity index (χ4n) is 3.93. The summed E-state index contributed by atoms with van der Waals surface area (Å²) in [6, 6.07) is 8.48. The SMILES string of the molecule is O=C(Nc1nc2c(s1)CCCC2C(=O)NCc1c(F)cccc1F)c1ccc2c(c1)OCO2. The number of amides is 2. The van der Waals surface area contributed by atoms with E-state index in [1.165, 1.54) is 17.4 Å². The molecule has 0 spiro atoms. The van der Waals surface area contributed by atoms with Gasteiger partial charge in [0.1, 0.15) is 11.6 Å². The van der Waals surface area contributed by atoms with E-state index in [1.54, 1.807) is 18.2 Å². The highest BCUT2D eigenvalue weighted by molar-refractivity contribution is 7.16. The van der Waals surface area contributed by atoms with Gasteiger partial charge in [0.05, 0.1) is 11.6 Å². The number of ether oxygens (including phenoxy) is 2. The van der Waals surface area contributed by atoms with E-state index in [-0.39, 0.29) is 30.7 Å². The number of hydrogen-bond acceptors (Lipinski definition) is 6. The predicted molar refractivity (Wildman–Crippen MR) is 117 cm³/mol. The summed E-state index contributed by atoms with van der Waals surface area (Å²) in [5, 5.41) is 5.79. The molecule has 1 aromatic heterocycles. The number of nitrogens with one attached hydrogen (secondary N) is 2. The van der Waals surface area contributed by atoms with Crippen molar-refractivity contribution in [1.29, 1.82) is 0 Å². The van der Waals surface area contributed by atoms with E-state index in [9.17, 15) is 18.4 Å². The molecule has 1 atom stereocenters. The van der Waals surface area contributed by atoms with Crippen molar-refractivity contribution in [3.8, 4) is 11.5 Å². The lowest BCUT2D eigenvalue weighted by molar-refractivity contribution is -0.123. The first-order valence-electron chi connectivity index (χ1n) is 10.4. The average molecular weight is 471 g/mol. The molecule has 0 bridgehead atoms. The number of rotatable bonds is 5. The molecule has 2 amide bonds. The Labute approximate surface area is 191 Å². The second-order valence-corrected chi connectivity index (χ2v) is 8.80. The zero-order chi connectivity index (χ0) is 22.9. The Morgan fingerprint density at radius 3 is 2.73 bits per heavy atom. The van der Waals surface area contributed by atoms with Crippen LogP contribution in [0.3, 0.4) is 0 Å². The minimum Gasteiger partial charge on any atom is -0.454 e. The molecule has 0 fully saturated rings. The summed E-state index contributed by atoms with van der Waals surface area (Å²) in [5.41, 5.74) is 0.809. The fraction of sp³-hybridized carbons (Fsp3) is 0.261. The minimum absolute atomic E-state index is 0.118. The van der Waals surface area contributed by atoms with Crippen molar-refractivity contribution >= 4 is 28.3 Å². The standard InChI is InChI=1S/C23H19F2N3O4S/c24-15-4-2-5-16(25)14(15)10-26-22(30)13-3-1-6-19-20(13)27-23(33-19)28-21(29)12-7-8-17-18(9-12)32-11-31-17/h2,4-5,7-9,13H,1,3,6,10-11H2,(H,26,30)(H,27,28,29). The largest absolute Gasteiger partial charge is 0.454 e. The van der Waals surface area contributed by atoms with Crippen LogP contribution >= 0.6 is 11.3 Å². The van der Waals surface area contributed by atoms with Crippen LogP contribution in [-0.4, -0.2) is 23.6 Å². The van der Waals surface area contributed by atoms with Gasteiger partial charge < -0.3 is 14.8 Å².